The van der Waals surface area contributed by atoms with E-state index in [1.165, 1.54) is 24.1 Å². The lowest BCUT2D eigenvalue weighted by Gasteiger charge is -2.47. The number of rotatable bonds is 1. The van der Waals surface area contributed by atoms with Crippen molar-refractivity contribution in [2.75, 3.05) is 5.32 Å². The number of carbonyl (C=O) groups is 1. The molecule has 2 aromatic heterocycles. The van der Waals surface area contributed by atoms with E-state index in [9.17, 15) is 4.79 Å². The number of thiophene rings is 1. The number of imidazole rings is 1. The first-order chi connectivity index (χ1) is 13.8. The number of Topliss-reactive ketones (excluding diaryl/α,β-unsaturated/α-hetero) is 1. The van der Waals surface area contributed by atoms with Gasteiger partial charge >= 0.3 is 0 Å². The minimum absolute atomic E-state index is 0.220. The molecule has 1 aromatic carbocycles. The smallest absolute Gasteiger partial charge is 0.208 e. The van der Waals surface area contributed by atoms with Crippen molar-refractivity contribution >= 4 is 34.1 Å². The molecule has 4 nitrogen and oxygen atoms in total. The van der Waals surface area contributed by atoms with Gasteiger partial charge in [0.25, 0.3) is 0 Å². The zero-order valence-electron chi connectivity index (χ0n) is 15.8. The van der Waals surface area contributed by atoms with Gasteiger partial charge in [0.1, 0.15) is 0 Å². The summed E-state index contributed by atoms with van der Waals surface area (Å²) in [6.45, 7) is 0. The maximum atomic E-state index is 13.5. The molecule has 5 heteroatoms. The van der Waals surface area contributed by atoms with Crippen LogP contribution in [-0.4, -0.2) is 15.3 Å². The third-order valence-electron chi connectivity index (χ3n) is 6.81. The number of para-hydroxylation sites is 2. The Balaban J connectivity index is 1.55. The van der Waals surface area contributed by atoms with Gasteiger partial charge < -0.3 is 5.32 Å². The maximum absolute atomic E-state index is 13.5. The molecule has 1 saturated carbocycles. The number of benzene rings is 1. The zero-order valence-corrected chi connectivity index (χ0v) is 16.6. The number of aromatic nitrogens is 2. The Labute approximate surface area is 168 Å². The zero-order chi connectivity index (χ0) is 18.7. The van der Waals surface area contributed by atoms with Crippen LogP contribution in [-0.2, 0) is 10.3 Å². The van der Waals surface area contributed by atoms with Crippen molar-refractivity contribution in [2.24, 2.45) is 0 Å². The van der Waals surface area contributed by atoms with Crippen molar-refractivity contribution < 1.29 is 4.79 Å². The normalized spacial score (nSPS) is 23.6. The lowest BCUT2D eigenvalue weighted by atomic mass is 9.68. The number of nitrogens with one attached hydrogen (secondary N) is 1. The van der Waals surface area contributed by atoms with Crippen molar-refractivity contribution in [1.29, 1.82) is 0 Å². The lowest BCUT2D eigenvalue weighted by Crippen LogP contribution is -2.47. The molecule has 0 amide bonds. The summed E-state index contributed by atoms with van der Waals surface area (Å²) >= 11 is 1.76. The van der Waals surface area contributed by atoms with E-state index in [1.54, 1.807) is 11.3 Å². The molecule has 0 saturated heterocycles. The van der Waals surface area contributed by atoms with Crippen molar-refractivity contribution in [3.05, 3.63) is 57.9 Å². The first-order valence-electron chi connectivity index (χ1n) is 10.3. The van der Waals surface area contributed by atoms with Crippen LogP contribution in [0.5, 0.6) is 0 Å². The molecule has 1 unspecified atom stereocenters. The summed E-state index contributed by atoms with van der Waals surface area (Å²) in [5, 5.41) is 5.71. The van der Waals surface area contributed by atoms with E-state index in [0.717, 1.165) is 47.5 Å². The lowest BCUT2D eigenvalue weighted by molar-refractivity contribution is -0.117. The second kappa shape index (κ2) is 6.05. The average molecular weight is 390 g/mol. The Morgan fingerprint density at radius 1 is 1.07 bits per heavy atom. The van der Waals surface area contributed by atoms with E-state index in [1.807, 2.05) is 6.07 Å². The molecule has 6 rings (SSSR count). The number of fused-ring (bicyclic) bond motifs is 5. The second-order valence-corrected chi connectivity index (χ2v) is 9.35. The van der Waals surface area contributed by atoms with Gasteiger partial charge in [-0.05, 0) is 42.8 Å². The van der Waals surface area contributed by atoms with E-state index < -0.39 is 0 Å². The summed E-state index contributed by atoms with van der Waals surface area (Å²) < 4.78 is 2.36. The predicted octanol–water partition coefficient (Wildman–Crippen LogP) is 5.58. The highest BCUT2D eigenvalue weighted by Gasteiger charge is 2.49. The van der Waals surface area contributed by atoms with Crippen LogP contribution in [0.1, 0.15) is 55.7 Å². The minimum atomic E-state index is -0.220. The van der Waals surface area contributed by atoms with Crippen LogP contribution in [0, 0.1) is 0 Å². The number of hydrogen-bond acceptors (Lipinski definition) is 4. The van der Waals surface area contributed by atoms with Gasteiger partial charge in [-0.1, -0.05) is 37.5 Å². The molecule has 0 radical (unpaired) electrons. The molecule has 2 aliphatic carbocycles. The van der Waals surface area contributed by atoms with Gasteiger partial charge in [-0.15, -0.1) is 11.3 Å². The monoisotopic (exact) mass is 389 g/mol. The molecule has 142 valence electrons. The molecular formula is C23H23N3OS. The van der Waals surface area contributed by atoms with Crippen LogP contribution < -0.4 is 5.32 Å². The Hall–Kier alpha value is -2.40. The molecule has 1 fully saturated rings. The Bertz CT molecular complexity index is 1100. The SMILES string of the molecule is O=C1CC(c2cccs2)CC2=C1C1(CCCCC1)n1c(nc3ccccc31)N2. The fourth-order valence-electron chi connectivity index (χ4n) is 5.69. The number of hydrogen-bond donors (Lipinski definition) is 1. The van der Waals surface area contributed by atoms with Crippen LogP contribution >= 0.6 is 11.3 Å². The van der Waals surface area contributed by atoms with Gasteiger partial charge in [0.15, 0.2) is 5.78 Å². The standard InChI is InChI=1S/C23H23N3OS/c27-19-14-15(20-9-6-12-28-20)13-17-21(19)23(10-4-1-5-11-23)26-18-8-3-2-7-16(18)24-22(26)25-17/h2-3,6-9,12,15H,1,4-5,10-11,13-14H2,(H,24,25). The van der Waals surface area contributed by atoms with E-state index in [-0.39, 0.29) is 11.5 Å². The molecule has 3 heterocycles. The van der Waals surface area contributed by atoms with E-state index in [0.29, 0.717) is 12.2 Å². The molecule has 28 heavy (non-hydrogen) atoms. The van der Waals surface area contributed by atoms with Crippen molar-refractivity contribution in [3.8, 4) is 0 Å². The van der Waals surface area contributed by atoms with E-state index >= 15 is 0 Å². The molecule has 1 atom stereocenters. The van der Waals surface area contributed by atoms with E-state index in [4.69, 9.17) is 4.98 Å². The van der Waals surface area contributed by atoms with Gasteiger partial charge in [0.05, 0.1) is 16.6 Å². The predicted molar refractivity (Wildman–Crippen MR) is 113 cm³/mol. The van der Waals surface area contributed by atoms with Gasteiger partial charge in [0.2, 0.25) is 5.95 Å². The molecule has 3 aromatic rings. The molecule has 1 N–H and O–H groups in total. The summed E-state index contributed by atoms with van der Waals surface area (Å²) in [6, 6.07) is 12.6. The molecule has 0 bridgehead atoms. The van der Waals surface area contributed by atoms with Crippen LogP contribution in [0.15, 0.2) is 53.0 Å². The molecule has 3 aliphatic rings. The Morgan fingerprint density at radius 2 is 1.93 bits per heavy atom. The van der Waals surface area contributed by atoms with Crippen molar-refractivity contribution in [3.63, 3.8) is 0 Å². The summed E-state index contributed by atoms with van der Waals surface area (Å²) in [5.41, 5.74) is 4.11. The molecule has 1 spiro atoms. The quantitative estimate of drug-likeness (QED) is 0.591. The number of nitrogens with zero attached hydrogens (tertiary/aromatic N) is 2. The number of ketones is 1. The number of anilines is 1. The van der Waals surface area contributed by atoms with Crippen LogP contribution in [0.2, 0.25) is 0 Å². The first-order valence-corrected chi connectivity index (χ1v) is 11.2. The Kier molecular flexibility index (Phi) is 3.57. The van der Waals surface area contributed by atoms with Crippen LogP contribution in [0.3, 0.4) is 0 Å². The summed E-state index contributed by atoms with van der Waals surface area (Å²) in [5.74, 6) is 1.54. The highest BCUT2D eigenvalue weighted by Crippen LogP contribution is 2.52. The fraction of sp³-hybridized carbons (Fsp3) is 0.391. The largest absolute Gasteiger partial charge is 0.329 e. The molecular weight excluding hydrogens is 366 g/mol. The van der Waals surface area contributed by atoms with E-state index in [2.05, 4.69) is 45.6 Å². The summed E-state index contributed by atoms with van der Waals surface area (Å²) in [7, 11) is 0. The topological polar surface area (TPSA) is 46.9 Å². The third kappa shape index (κ3) is 2.23. The van der Waals surface area contributed by atoms with Gasteiger partial charge in [-0.3, -0.25) is 9.36 Å². The summed E-state index contributed by atoms with van der Waals surface area (Å²) in [6.07, 6.45) is 7.21. The number of carbonyl (C=O) groups excluding carboxylic acids is 1. The fourth-order valence-corrected chi connectivity index (χ4v) is 6.52. The van der Waals surface area contributed by atoms with Gasteiger partial charge in [-0.25, -0.2) is 4.98 Å². The summed E-state index contributed by atoms with van der Waals surface area (Å²) in [4.78, 5) is 19.8. The first kappa shape index (κ1) is 16.5. The molecule has 1 aliphatic heterocycles. The highest BCUT2D eigenvalue weighted by molar-refractivity contribution is 7.10. The van der Waals surface area contributed by atoms with Gasteiger partial charge in [0, 0.05) is 28.5 Å². The average Bonchev–Trinajstić information content (AvgIpc) is 3.36. The number of allylic oxidation sites excluding steroid dienone is 2. The second-order valence-electron chi connectivity index (χ2n) is 8.37. The minimum Gasteiger partial charge on any atom is -0.329 e. The van der Waals surface area contributed by atoms with Gasteiger partial charge in [-0.2, -0.15) is 0 Å². The Morgan fingerprint density at radius 3 is 2.75 bits per heavy atom. The maximum Gasteiger partial charge on any atom is 0.208 e. The van der Waals surface area contributed by atoms with Crippen molar-refractivity contribution in [2.45, 2.75) is 56.4 Å². The van der Waals surface area contributed by atoms with Crippen LogP contribution in [0.4, 0.5) is 5.95 Å². The highest BCUT2D eigenvalue weighted by atomic mass is 32.1. The van der Waals surface area contributed by atoms with Crippen LogP contribution in [0.25, 0.3) is 11.0 Å². The third-order valence-corrected chi connectivity index (χ3v) is 7.84. The van der Waals surface area contributed by atoms with Crippen molar-refractivity contribution in [1.82, 2.24) is 9.55 Å².